The Kier molecular flexibility index (Phi) is 7.42. The van der Waals surface area contributed by atoms with Crippen LogP contribution in [0.2, 0.25) is 0 Å². The van der Waals surface area contributed by atoms with Crippen molar-refractivity contribution in [2.75, 3.05) is 33.4 Å². The number of carboxylic acids is 1. The van der Waals surface area contributed by atoms with Crippen LogP contribution in [0.15, 0.2) is 0 Å². The summed E-state index contributed by atoms with van der Waals surface area (Å²) in [5.74, 6) is -1.03. The summed E-state index contributed by atoms with van der Waals surface area (Å²) in [6.07, 6.45) is 0.955. The van der Waals surface area contributed by atoms with Crippen LogP contribution in [0.5, 0.6) is 0 Å². The molecule has 0 fully saturated rings. The fraction of sp³-hybridized carbons (Fsp3) is 0.900. The third-order valence-electron chi connectivity index (χ3n) is 2.04. The van der Waals surface area contributed by atoms with Gasteiger partial charge in [0.05, 0.1) is 5.92 Å². The van der Waals surface area contributed by atoms with Crippen LogP contribution >= 0.6 is 0 Å². The molecule has 0 aliphatic heterocycles. The Morgan fingerprint density at radius 3 is 2.71 bits per heavy atom. The number of rotatable bonds is 8. The molecule has 0 aliphatic rings. The highest BCUT2D eigenvalue weighted by Crippen LogP contribution is 1.98. The van der Waals surface area contributed by atoms with Gasteiger partial charge in [-0.1, -0.05) is 6.92 Å². The van der Waals surface area contributed by atoms with Gasteiger partial charge in [-0.15, -0.1) is 0 Å². The molecule has 0 aromatic heterocycles. The Hall–Kier alpha value is -0.610. The zero-order valence-electron chi connectivity index (χ0n) is 9.32. The summed E-state index contributed by atoms with van der Waals surface area (Å²) in [7, 11) is 1.94. The molecule has 4 nitrogen and oxygen atoms in total. The summed E-state index contributed by atoms with van der Waals surface area (Å²) < 4.78 is 5.19. The standard InChI is InChI=1S/C10H21NO3/c1-4-14-7-5-6-11(3)8-9(2)10(12)13/h9H,4-8H2,1-3H3,(H,12,13). The van der Waals surface area contributed by atoms with Gasteiger partial charge in [-0.25, -0.2) is 0 Å². The lowest BCUT2D eigenvalue weighted by Crippen LogP contribution is -2.29. The molecule has 0 saturated carbocycles. The number of hydrogen-bond donors (Lipinski definition) is 1. The van der Waals surface area contributed by atoms with Crippen LogP contribution in [0.4, 0.5) is 0 Å². The van der Waals surface area contributed by atoms with Gasteiger partial charge in [0, 0.05) is 26.3 Å². The van der Waals surface area contributed by atoms with E-state index >= 15 is 0 Å². The van der Waals surface area contributed by atoms with E-state index in [1.165, 1.54) is 0 Å². The second-order valence-electron chi connectivity index (χ2n) is 3.55. The van der Waals surface area contributed by atoms with Crippen LogP contribution in [-0.4, -0.2) is 49.3 Å². The molecule has 4 heteroatoms. The van der Waals surface area contributed by atoms with Crippen molar-refractivity contribution in [3.8, 4) is 0 Å². The van der Waals surface area contributed by atoms with Crippen LogP contribution in [0.1, 0.15) is 20.3 Å². The van der Waals surface area contributed by atoms with Crippen molar-refractivity contribution in [1.82, 2.24) is 4.90 Å². The molecule has 1 unspecified atom stereocenters. The maximum Gasteiger partial charge on any atom is 0.307 e. The number of carbonyl (C=O) groups is 1. The summed E-state index contributed by atoms with van der Waals surface area (Å²) in [5, 5.41) is 8.69. The normalized spacial score (nSPS) is 13.1. The van der Waals surface area contributed by atoms with Crippen molar-refractivity contribution in [3.05, 3.63) is 0 Å². The second kappa shape index (κ2) is 7.76. The third-order valence-corrected chi connectivity index (χ3v) is 2.04. The van der Waals surface area contributed by atoms with E-state index in [-0.39, 0.29) is 5.92 Å². The number of ether oxygens (including phenoxy) is 1. The molecule has 84 valence electrons. The molecular weight excluding hydrogens is 182 g/mol. The molecule has 0 bridgehead atoms. The van der Waals surface area contributed by atoms with Crippen molar-refractivity contribution in [2.45, 2.75) is 20.3 Å². The Labute approximate surface area is 85.9 Å². The maximum atomic E-state index is 10.6. The number of nitrogens with zero attached hydrogens (tertiary/aromatic N) is 1. The van der Waals surface area contributed by atoms with Gasteiger partial charge in [0.2, 0.25) is 0 Å². The van der Waals surface area contributed by atoms with Gasteiger partial charge in [0.15, 0.2) is 0 Å². The minimum Gasteiger partial charge on any atom is -0.481 e. The average molecular weight is 203 g/mol. The lowest BCUT2D eigenvalue weighted by Gasteiger charge is -2.18. The van der Waals surface area contributed by atoms with Gasteiger partial charge in [-0.3, -0.25) is 4.79 Å². The molecule has 1 atom stereocenters. The highest BCUT2D eigenvalue weighted by Gasteiger charge is 2.12. The van der Waals surface area contributed by atoms with Crippen molar-refractivity contribution >= 4 is 5.97 Å². The quantitative estimate of drug-likeness (QED) is 0.599. The molecule has 0 saturated heterocycles. The van der Waals surface area contributed by atoms with Crippen molar-refractivity contribution in [3.63, 3.8) is 0 Å². The zero-order chi connectivity index (χ0) is 11.0. The van der Waals surface area contributed by atoms with Crippen LogP contribution in [0.3, 0.4) is 0 Å². The Morgan fingerprint density at radius 1 is 1.57 bits per heavy atom. The monoisotopic (exact) mass is 203 g/mol. The first-order chi connectivity index (χ1) is 6.57. The predicted molar refractivity (Wildman–Crippen MR) is 55.4 cm³/mol. The molecular formula is C10H21NO3. The first-order valence-electron chi connectivity index (χ1n) is 5.07. The van der Waals surface area contributed by atoms with E-state index in [1.807, 2.05) is 18.9 Å². The summed E-state index contributed by atoms with van der Waals surface area (Å²) in [5.41, 5.74) is 0. The Bertz CT molecular complexity index is 161. The molecule has 0 amide bonds. The van der Waals surface area contributed by atoms with Crippen LogP contribution in [-0.2, 0) is 9.53 Å². The average Bonchev–Trinajstić information content (AvgIpc) is 2.12. The first-order valence-corrected chi connectivity index (χ1v) is 5.07. The smallest absolute Gasteiger partial charge is 0.307 e. The molecule has 0 rings (SSSR count). The summed E-state index contributed by atoms with van der Waals surface area (Å²) in [4.78, 5) is 12.6. The van der Waals surface area contributed by atoms with E-state index in [1.54, 1.807) is 6.92 Å². The van der Waals surface area contributed by atoms with Gasteiger partial charge in [0.25, 0.3) is 0 Å². The van der Waals surface area contributed by atoms with Crippen molar-refractivity contribution < 1.29 is 14.6 Å². The molecule has 0 spiro atoms. The van der Waals surface area contributed by atoms with Crippen molar-refractivity contribution in [2.24, 2.45) is 5.92 Å². The number of aliphatic carboxylic acids is 1. The molecule has 14 heavy (non-hydrogen) atoms. The largest absolute Gasteiger partial charge is 0.481 e. The highest BCUT2D eigenvalue weighted by atomic mass is 16.5. The van der Waals surface area contributed by atoms with E-state index < -0.39 is 5.97 Å². The minimum atomic E-state index is -0.735. The molecule has 0 radical (unpaired) electrons. The lowest BCUT2D eigenvalue weighted by atomic mass is 10.2. The summed E-state index contributed by atoms with van der Waals surface area (Å²) in [6.45, 7) is 6.67. The summed E-state index contributed by atoms with van der Waals surface area (Å²) in [6, 6.07) is 0. The van der Waals surface area contributed by atoms with E-state index in [4.69, 9.17) is 9.84 Å². The van der Waals surface area contributed by atoms with Crippen LogP contribution < -0.4 is 0 Å². The Balaban J connectivity index is 3.45. The maximum absolute atomic E-state index is 10.6. The van der Waals surface area contributed by atoms with Crippen molar-refractivity contribution in [1.29, 1.82) is 0 Å². The van der Waals surface area contributed by atoms with Gasteiger partial charge in [-0.2, -0.15) is 0 Å². The van der Waals surface area contributed by atoms with E-state index in [0.29, 0.717) is 6.54 Å². The van der Waals surface area contributed by atoms with Gasteiger partial charge < -0.3 is 14.7 Å². The molecule has 0 aliphatic carbocycles. The molecule has 0 heterocycles. The van der Waals surface area contributed by atoms with Gasteiger partial charge >= 0.3 is 5.97 Å². The fourth-order valence-corrected chi connectivity index (χ4v) is 1.22. The zero-order valence-corrected chi connectivity index (χ0v) is 9.32. The molecule has 0 aromatic carbocycles. The Morgan fingerprint density at radius 2 is 2.21 bits per heavy atom. The predicted octanol–water partition coefficient (Wildman–Crippen LogP) is 1.07. The topological polar surface area (TPSA) is 49.8 Å². The van der Waals surface area contributed by atoms with E-state index in [9.17, 15) is 4.79 Å². The lowest BCUT2D eigenvalue weighted by molar-refractivity contribution is -0.141. The van der Waals surface area contributed by atoms with Crippen LogP contribution in [0, 0.1) is 5.92 Å². The minimum absolute atomic E-state index is 0.299. The van der Waals surface area contributed by atoms with Gasteiger partial charge in [-0.05, 0) is 20.4 Å². The first kappa shape index (κ1) is 13.4. The highest BCUT2D eigenvalue weighted by molar-refractivity contribution is 5.69. The molecule has 1 N–H and O–H groups in total. The van der Waals surface area contributed by atoms with Crippen LogP contribution in [0.25, 0.3) is 0 Å². The van der Waals surface area contributed by atoms with E-state index in [0.717, 1.165) is 26.2 Å². The number of hydrogen-bond acceptors (Lipinski definition) is 3. The van der Waals surface area contributed by atoms with Gasteiger partial charge in [0.1, 0.15) is 0 Å². The summed E-state index contributed by atoms with van der Waals surface area (Å²) >= 11 is 0. The SMILES string of the molecule is CCOCCCN(C)CC(C)C(=O)O. The van der Waals surface area contributed by atoms with E-state index in [2.05, 4.69) is 0 Å². The second-order valence-corrected chi connectivity index (χ2v) is 3.55. The fourth-order valence-electron chi connectivity index (χ4n) is 1.22. The molecule has 0 aromatic rings. The third kappa shape index (κ3) is 6.86. The number of carboxylic acid groups (broad SMARTS) is 1.